The Hall–Kier alpha value is -2.90. The molecule has 1 saturated carbocycles. The highest BCUT2D eigenvalue weighted by molar-refractivity contribution is 5.92. The zero-order chi connectivity index (χ0) is 17.5. The normalized spacial score (nSPS) is 21.9. The molecule has 8 heteroatoms. The minimum absolute atomic E-state index is 0.154. The molecule has 128 valence electrons. The van der Waals surface area contributed by atoms with Gasteiger partial charge in [0.1, 0.15) is 6.10 Å². The summed E-state index contributed by atoms with van der Waals surface area (Å²) in [5.74, 6) is -1.84. The first-order valence-corrected chi connectivity index (χ1v) is 7.55. The van der Waals surface area contributed by atoms with Crippen LogP contribution in [0.5, 0.6) is 0 Å². The van der Waals surface area contributed by atoms with Crippen LogP contribution in [0.3, 0.4) is 0 Å². The van der Waals surface area contributed by atoms with E-state index in [2.05, 4.69) is 10.5 Å². The van der Waals surface area contributed by atoms with Gasteiger partial charge in [0.25, 0.3) is 0 Å². The average Bonchev–Trinajstić information content (AvgIpc) is 2.54. The van der Waals surface area contributed by atoms with Gasteiger partial charge in [0.15, 0.2) is 0 Å². The second-order valence-corrected chi connectivity index (χ2v) is 5.54. The van der Waals surface area contributed by atoms with Gasteiger partial charge in [0, 0.05) is 11.6 Å². The molecule has 24 heavy (non-hydrogen) atoms. The Balaban J connectivity index is 2.02. The quantitative estimate of drug-likeness (QED) is 0.555. The van der Waals surface area contributed by atoms with Crippen molar-refractivity contribution in [1.82, 2.24) is 5.43 Å². The summed E-state index contributed by atoms with van der Waals surface area (Å²) < 4.78 is 5.46. The van der Waals surface area contributed by atoms with E-state index in [1.165, 1.54) is 0 Å². The Morgan fingerprint density at radius 3 is 2.62 bits per heavy atom. The summed E-state index contributed by atoms with van der Waals surface area (Å²) in [6, 6.07) is 7.78. The summed E-state index contributed by atoms with van der Waals surface area (Å²) in [7, 11) is 0. The fraction of sp³-hybridized carbons (Fsp3) is 0.375. The standard InChI is InChI=1S/C16H19N3O5/c17-16(23)19-18-13-7-6-12(8-11(13)9-14(20)21)24-15(22)10-4-2-1-3-5-10/h1-5,11-12H,6-9H2,(H,20,21)(H3,17,19,23). The predicted molar refractivity (Wildman–Crippen MR) is 85.4 cm³/mol. The molecule has 0 spiro atoms. The lowest BCUT2D eigenvalue weighted by Gasteiger charge is -2.29. The van der Waals surface area contributed by atoms with Gasteiger partial charge in [-0.25, -0.2) is 15.0 Å². The van der Waals surface area contributed by atoms with Crippen LogP contribution >= 0.6 is 0 Å². The molecule has 0 saturated heterocycles. The predicted octanol–water partition coefficient (Wildman–Crippen LogP) is 1.51. The Bertz CT molecular complexity index is 644. The topological polar surface area (TPSA) is 131 Å². The van der Waals surface area contributed by atoms with Crippen molar-refractivity contribution in [2.45, 2.75) is 31.8 Å². The number of nitrogens with zero attached hydrogens (tertiary/aromatic N) is 1. The molecular formula is C16H19N3O5. The summed E-state index contributed by atoms with van der Waals surface area (Å²) >= 11 is 0. The van der Waals surface area contributed by atoms with Crippen LogP contribution < -0.4 is 11.2 Å². The Morgan fingerprint density at radius 2 is 2.00 bits per heavy atom. The molecule has 2 atom stereocenters. The second-order valence-electron chi connectivity index (χ2n) is 5.54. The largest absolute Gasteiger partial charge is 0.481 e. The van der Waals surface area contributed by atoms with Crippen LogP contribution in [0.1, 0.15) is 36.0 Å². The van der Waals surface area contributed by atoms with E-state index >= 15 is 0 Å². The van der Waals surface area contributed by atoms with Crippen molar-refractivity contribution >= 4 is 23.7 Å². The number of carbonyl (C=O) groups is 3. The van der Waals surface area contributed by atoms with Crippen LogP contribution in [0, 0.1) is 5.92 Å². The third-order valence-electron chi connectivity index (χ3n) is 3.76. The van der Waals surface area contributed by atoms with E-state index in [-0.39, 0.29) is 6.42 Å². The first-order chi connectivity index (χ1) is 11.5. The van der Waals surface area contributed by atoms with Crippen LogP contribution in [0.4, 0.5) is 4.79 Å². The number of amides is 2. The molecule has 0 bridgehead atoms. The van der Waals surface area contributed by atoms with Crippen LogP contribution in [-0.2, 0) is 9.53 Å². The molecule has 0 heterocycles. The Kier molecular flexibility index (Phi) is 5.89. The van der Waals surface area contributed by atoms with Crippen molar-refractivity contribution in [3.63, 3.8) is 0 Å². The molecule has 1 aliphatic rings. The maximum atomic E-state index is 12.1. The average molecular weight is 333 g/mol. The molecule has 2 rings (SSSR count). The fourth-order valence-corrected chi connectivity index (χ4v) is 2.67. The summed E-state index contributed by atoms with van der Waals surface area (Å²) in [5, 5.41) is 12.9. The second kappa shape index (κ2) is 8.09. The molecule has 0 radical (unpaired) electrons. The molecular weight excluding hydrogens is 314 g/mol. The molecule has 4 N–H and O–H groups in total. The zero-order valence-electron chi connectivity index (χ0n) is 13.0. The number of carboxylic acids is 1. The minimum atomic E-state index is -0.984. The monoisotopic (exact) mass is 333 g/mol. The number of hydrazone groups is 1. The maximum Gasteiger partial charge on any atom is 0.338 e. The van der Waals surface area contributed by atoms with Crippen molar-refractivity contribution in [3.8, 4) is 0 Å². The molecule has 1 aromatic carbocycles. The number of aliphatic carboxylic acids is 1. The fourth-order valence-electron chi connectivity index (χ4n) is 2.67. The number of hydrogen-bond acceptors (Lipinski definition) is 5. The number of primary amides is 1. The molecule has 2 unspecified atom stereocenters. The van der Waals surface area contributed by atoms with Gasteiger partial charge >= 0.3 is 18.0 Å². The number of nitrogens with one attached hydrogen (secondary N) is 1. The van der Waals surface area contributed by atoms with Crippen molar-refractivity contribution in [2.24, 2.45) is 16.8 Å². The summed E-state index contributed by atoms with van der Waals surface area (Å²) in [6.07, 6.45) is 0.719. The summed E-state index contributed by atoms with van der Waals surface area (Å²) in [4.78, 5) is 33.9. The van der Waals surface area contributed by atoms with E-state index in [0.717, 1.165) is 0 Å². The first-order valence-electron chi connectivity index (χ1n) is 7.55. The highest BCUT2D eigenvalue weighted by atomic mass is 16.5. The van der Waals surface area contributed by atoms with E-state index < -0.39 is 30.0 Å². The lowest BCUT2D eigenvalue weighted by atomic mass is 9.83. The van der Waals surface area contributed by atoms with Gasteiger partial charge < -0.3 is 15.6 Å². The molecule has 0 aromatic heterocycles. The van der Waals surface area contributed by atoms with Crippen molar-refractivity contribution < 1.29 is 24.2 Å². The van der Waals surface area contributed by atoms with Gasteiger partial charge in [-0.3, -0.25) is 4.79 Å². The third kappa shape index (κ3) is 5.08. The van der Waals surface area contributed by atoms with Crippen LogP contribution in [0.25, 0.3) is 0 Å². The Morgan fingerprint density at radius 1 is 1.29 bits per heavy atom. The van der Waals surface area contributed by atoms with Gasteiger partial charge in [-0.1, -0.05) is 18.2 Å². The van der Waals surface area contributed by atoms with Crippen molar-refractivity contribution in [3.05, 3.63) is 35.9 Å². The van der Waals surface area contributed by atoms with E-state index in [1.54, 1.807) is 30.3 Å². The SMILES string of the molecule is NC(=O)NN=C1CCC(OC(=O)c2ccccc2)CC1CC(=O)O. The van der Waals surface area contributed by atoms with Crippen LogP contribution in [0.15, 0.2) is 35.4 Å². The van der Waals surface area contributed by atoms with Gasteiger partial charge in [0.05, 0.1) is 12.0 Å². The van der Waals surface area contributed by atoms with E-state index in [4.69, 9.17) is 15.6 Å². The van der Waals surface area contributed by atoms with E-state index in [1.807, 2.05) is 0 Å². The third-order valence-corrected chi connectivity index (χ3v) is 3.76. The number of nitrogens with two attached hydrogens (primary N) is 1. The van der Waals surface area contributed by atoms with E-state index in [9.17, 15) is 14.4 Å². The molecule has 2 amide bonds. The highest BCUT2D eigenvalue weighted by Crippen LogP contribution is 2.27. The number of carbonyl (C=O) groups excluding carboxylic acids is 2. The number of hydrogen-bond donors (Lipinski definition) is 3. The Labute approximate surface area is 138 Å². The smallest absolute Gasteiger partial charge is 0.338 e. The molecule has 1 fully saturated rings. The summed E-state index contributed by atoms with van der Waals surface area (Å²) in [5.41, 5.74) is 8.09. The van der Waals surface area contributed by atoms with Gasteiger partial charge in [-0.15, -0.1) is 0 Å². The molecule has 8 nitrogen and oxygen atoms in total. The number of carboxylic acid groups (broad SMARTS) is 1. The van der Waals surface area contributed by atoms with Gasteiger partial charge in [-0.05, 0) is 31.4 Å². The van der Waals surface area contributed by atoms with Gasteiger partial charge in [-0.2, -0.15) is 5.10 Å². The molecule has 1 aromatic rings. The van der Waals surface area contributed by atoms with Gasteiger partial charge in [0.2, 0.25) is 0 Å². The number of urea groups is 1. The molecule has 1 aliphatic carbocycles. The lowest BCUT2D eigenvalue weighted by molar-refractivity contribution is -0.137. The number of rotatable bonds is 5. The number of benzene rings is 1. The van der Waals surface area contributed by atoms with Crippen LogP contribution in [0.2, 0.25) is 0 Å². The van der Waals surface area contributed by atoms with E-state index in [0.29, 0.717) is 30.5 Å². The highest BCUT2D eigenvalue weighted by Gasteiger charge is 2.31. The zero-order valence-corrected chi connectivity index (χ0v) is 13.0. The number of esters is 1. The lowest BCUT2D eigenvalue weighted by Crippen LogP contribution is -2.35. The summed E-state index contributed by atoms with van der Waals surface area (Å²) in [6.45, 7) is 0. The number of ether oxygens (including phenoxy) is 1. The van der Waals surface area contributed by atoms with Crippen molar-refractivity contribution in [2.75, 3.05) is 0 Å². The van der Waals surface area contributed by atoms with Crippen LogP contribution in [-0.4, -0.2) is 34.9 Å². The molecule has 0 aliphatic heterocycles. The maximum absolute atomic E-state index is 12.1. The first kappa shape index (κ1) is 17.5. The minimum Gasteiger partial charge on any atom is -0.481 e. The van der Waals surface area contributed by atoms with Crippen molar-refractivity contribution in [1.29, 1.82) is 0 Å².